The Bertz CT molecular complexity index is 1070. The standard InChI is InChI=1S/2C14H20O3.C6H14O4/c2*1-9-7-10(5-6-12(15)16)13(17)11(8-9)14(2,3)4;7-1-3-9-5-6-10-4-2-8/h2*7-8,17H,5-6H2,1-4H3,(H,15,16);7-8H,1-6H2. The van der Waals surface area contributed by atoms with E-state index >= 15 is 0 Å². The van der Waals surface area contributed by atoms with Crippen LogP contribution in [0.25, 0.3) is 0 Å². The van der Waals surface area contributed by atoms with Gasteiger partial charge in [-0.15, -0.1) is 0 Å². The number of carbonyl (C=O) groups is 2. The highest BCUT2D eigenvalue weighted by Gasteiger charge is 2.22. The van der Waals surface area contributed by atoms with Gasteiger partial charge in [0.15, 0.2) is 0 Å². The molecular weight excluding hydrogens is 568 g/mol. The average molecular weight is 623 g/mol. The third-order valence-electron chi connectivity index (χ3n) is 6.34. The van der Waals surface area contributed by atoms with Crippen molar-refractivity contribution in [1.29, 1.82) is 0 Å². The Morgan fingerprint density at radius 1 is 0.614 bits per heavy atom. The number of hydrogen-bond donors (Lipinski definition) is 6. The summed E-state index contributed by atoms with van der Waals surface area (Å²) in [6, 6.07) is 7.63. The van der Waals surface area contributed by atoms with E-state index in [2.05, 4.69) is 0 Å². The summed E-state index contributed by atoms with van der Waals surface area (Å²) in [5.74, 6) is -1.21. The molecule has 0 aliphatic carbocycles. The van der Waals surface area contributed by atoms with Gasteiger partial charge in [-0.05, 0) is 59.8 Å². The number of aliphatic carboxylic acids is 2. The number of phenols is 2. The molecule has 0 aromatic heterocycles. The Morgan fingerprint density at radius 3 is 1.18 bits per heavy atom. The molecule has 10 nitrogen and oxygen atoms in total. The van der Waals surface area contributed by atoms with E-state index in [0.29, 0.717) is 39.3 Å². The zero-order valence-electron chi connectivity index (χ0n) is 27.7. The summed E-state index contributed by atoms with van der Waals surface area (Å²) in [5.41, 5.74) is 4.99. The molecule has 0 amide bonds. The van der Waals surface area contributed by atoms with Gasteiger partial charge in [-0.1, -0.05) is 76.9 Å². The number of hydrogen-bond acceptors (Lipinski definition) is 8. The van der Waals surface area contributed by atoms with Crippen molar-refractivity contribution < 1.29 is 49.7 Å². The molecule has 0 saturated carbocycles. The van der Waals surface area contributed by atoms with Crippen molar-refractivity contribution in [2.75, 3.05) is 39.6 Å². The quantitative estimate of drug-likeness (QED) is 0.166. The number of carboxylic acid groups (broad SMARTS) is 2. The molecule has 44 heavy (non-hydrogen) atoms. The van der Waals surface area contributed by atoms with Crippen molar-refractivity contribution in [2.45, 2.75) is 91.9 Å². The molecule has 0 unspecified atom stereocenters. The molecule has 6 N–H and O–H groups in total. The van der Waals surface area contributed by atoms with Crippen molar-refractivity contribution in [3.8, 4) is 11.5 Å². The fraction of sp³-hybridized carbons (Fsp3) is 0.588. The van der Waals surface area contributed by atoms with Crippen LogP contribution in [-0.2, 0) is 42.7 Å². The SMILES string of the molecule is Cc1cc(CCC(=O)O)c(O)c(C(C)(C)C)c1.Cc1cc(CCC(=O)O)c(O)c(C(C)(C)C)c1.OCCOCCOCCO. The molecule has 0 saturated heterocycles. The van der Waals surface area contributed by atoms with Crippen LogP contribution in [0, 0.1) is 13.8 Å². The van der Waals surface area contributed by atoms with E-state index in [1.165, 1.54) is 0 Å². The molecule has 2 aromatic carbocycles. The Balaban J connectivity index is 0.000000655. The molecule has 2 rings (SSSR count). The summed E-state index contributed by atoms with van der Waals surface area (Å²) in [6.07, 6.45) is 0.818. The van der Waals surface area contributed by atoms with Crippen molar-refractivity contribution >= 4 is 11.9 Å². The molecule has 10 heteroatoms. The molecule has 2 aromatic rings. The summed E-state index contributed by atoms with van der Waals surface area (Å²) in [5, 5.41) is 54.2. The lowest BCUT2D eigenvalue weighted by molar-refractivity contribution is -0.138. The van der Waals surface area contributed by atoms with Gasteiger partial charge in [0.2, 0.25) is 0 Å². The number of ether oxygens (including phenoxy) is 2. The van der Waals surface area contributed by atoms with E-state index in [4.69, 9.17) is 29.9 Å². The van der Waals surface area contributed by atoms with Gasteiger partial charge < -0.3 is 40.1 Å². The van der Waals surface area contributed by atoms with Gasteiger partial charge in [0, 0.05) is 12.8 Å². The minimum atomic E-state index is -0.844. The topological polar surface area (TPSA) is 174 Å². The zero-order valence-corrected chi connectivity index (χ0v) is 27.7. The number of aliphatic hydroxyl groups is 2. The number of aliphatic hydroxyl groups excluding tert-OH is 2. The number of phenolic OH excluding ortho intramolecular Hbond substituents is 2. The lowest BCUT2D eigenvalue weighted by Crippen LogP contribution is -2.13. The number of aryl methyl sites for hydroxylation is 4. The highest BCUT2D eigenvalue weighted by Crippen LogP contribution is 2.36. The maximum absolute atomic E-state index is 10.6. The van der Waals surface area contributed by atoms with Crippen LogP contribution in [0.2, 0.25) is 0 Å². The first-order valence-corrected chi connectivity index (χ1v) is 14.8. The normalized spacial score (nSPS) is 11.2. The van der Waals surface area contributed by atoms with Gasteiger partial charge in [-0.25, -0.2) is 0 Å². The number of benzene rings is 2. The van der Waals surface area contributed by atoms with E-state index < -0.39 is 11.9 Å². The fourth-order valence-electron chi connectivity index (χ4n) is 4.17. The molecule has 0 spiro atoms. The molecule has 0 aliphatic rings. The van der Waals surface area contributed by atoms with Crippen LogP contribution in [0.5, 0.6) is 11.5 Å². The maximum atomic E-state index is 10.6. The Hall–Kier alpha value is -3.18. The molecular formula is C34H54O10. The highest BCUT2D eigenvalue weighted by atomic mass is 16.5. The van der Waals surface area contributed by atoms with Crippen molar-refractivity contribution in [3.63, 3.8) is 0 Å². The third-order valence-corrected chi connectivity index (χ3v) is 6.34. The third kappa shape index (κ3) is 16.6. The molecule has 0 fully saturated rings. The monoisotopic (exact) mass is 622 g/mol. The molecule has 0 aliphatic heterocycles. The van der Waals surface area contributed by atoms with Crippen LogP contribution in [0.3, 0.4) is 0 Å². The predicted octanol–water partition coefficient (Wildman–Crippen LogP) is 5.03. The first kappa shape index (κ1) is 40.8. The molecule has 250 valence electrons. The predicted molar refractivity (Wildman–Crippen MR) is 171 cm³/mol. The average Bonchev–Trinajstić information content (AvgIpc) is 2.90. The largest absolute Gasteiger partial charge is 0.507 e. The summed E-state index contributed by atoms with van der Waals surface area (Å²) >= 11 is 0. The number of aromatic hydroxyl groups is 2. The van der Waals surface area contributed by atoms with Crippen LogP contribution in [-0.4, -0.2) is 82.2 Å². The number of rotatable bonds is 13. The Labute approximate surface area is 262 Å². The summed E-state index contributed by atoms with van der Waals surface area (Å²) in [6.45, 7) is 17.8. The second-order valence-corrected chi connectivity index (χ2v) is 12.6. The Morgan fingerprint density at radius 2 is 0.932 bits per heavy atom. The maximum Gasteiger partial charge on any atom is 0.303 e. The van der Waals surface area contributed by atoms with Crippen LogP contribution in [0.1, 0.15) is 87.8 Å². The van der Waals surface area contributed by atoms with Gasteiger partial charge in [0.25, 0.3) is 0 Å². The van der Waals surface area contributed by atoms with Crippen molar-refractivity contribution in [2.24, 2.45) is 0 Å². The summed E-state index contributed by atoms with van der Waals surface area (Å²) in [7, 11) is 0. The smallest absolute Gasteiger partial charge is 0.303 e. The van der Waals surface area contributed by atoms with Gasteiger partial charge >= 0.3 is 11.9 Å². The molecule has 0 heterocycles. The van der Waals surface area contributed by atoms with Crippen LogP contribution in [0.15, 0.2) is 24.3 Å². The fourth-order valence-corrected chi connectivity index (χ4v) is 4.17. The minimum absolute atomic E-state index is 0.0417. The minimum Gasteiger partial charge on any atom is -0.507 e. The molecule has 0 bridgehead atoms. The second-order valence-electron chi connectivity index (χ2n) is 12.6. The van der Waals surface area contributed by atoms with Crippen molar-refractivity contribution in [3.05, 3.63) is 57.6 Å². The van der Waals surface area contributed by atoms with E-state index in [0.717, 1.165) is 33.4 Å². The second kappa shape index (κ2) is 20.0. The van der Waals surface area contributed by atoms with Gasteiger partial charge in [0.1, 0.15) is 11.5 Å². The van der Waals surface area contributed by atoms with E-state index in [9.17, 15) is 19.8 Å². The van der Waals surface area contributed by atoms with Gasteiger partial charge in [0.05, 0.1) is 39.6 Å². The van der Waals surface area contributed by atoms with Crippen LogP contribution < -0.4 is 0 Å². The summed E-state index contributed by atoms with van der Waals surface area (Å²) in [4.78, 5) is 21.1. The van der Waals surface area contributed by atoms with Gasteiger partial charge in [-0.2, -0.15) is 0 Å². The van der Waals surface area contributed by atoms with Crippen molar-refractivity contribution in [1.82, 2.24) is 0 Å². The molecule has 0 atom stereocenters. The first-order chi connectivity index (χ1) is 20.3. The van der Waals surface area contributed by atoms with Crippen LogP contribution >= 0.6 is 0 Å². The highest BCUT2D eigenvalue weighted by molar-refractivity contribution is 5.68. The van der Waals surface area contributed by atoms with E-state index in [-0.39, 0.29) is 48.4 Å². The van der Waals surface area contributed by atoms with Gasteiger partial charge in [-0.3, -0.25) is 9.59 Å². The Kier molecular flexibility index (Phi) is 18.5. The zero-order chi connectivity index (χ0) is 34.1. The number of carboxylic acids is 2. The van der Waals surface area contributed by atoms with E-state index in [1.54, 1.807) is 0 Å². The summed E-state index contributed by atoms with van der Waals surface area (Å²) < 4.78 is 9.75. The van der Waals surface area contributed by atoms with Crippen LogP contribution in [0.4, 0.5) is 0 Å². The lowest BCUT2D eigenvalue weighted by atomic mass is 9.83. The lowest BCUT2D eigenvalue weighted by Gasteiger charge is -2.22. The van der Waals surface area contributed by atoms with E-state index in [1.807, 2.05) is 79.7 Å². The molecule has 0 radical (unpaired) electrons. The first-order valence-electron chi connectivity index (χ1n) is 14.8.